The molecule has 144 valence electrons. The van der Waals surface area contributed by atoms with Crippen LogP contribution < -0.4 is 16.4 Å². The van der Waals surface area contributed by atoms with E-state index in [9.17, 15) is 19.2 Å². The van der Waals surface area contributed by atoms with Crippen molar-refractivity contribution in [2.24, 2.45) is 5.73 Å². The molecule has 0 unspecified atom stereocenters. The Hall–Kier alpha value is -2.90. The summed E-state index contributed by atoms with van der Waals surface area (Å²) in [5.74, 6) is -0.762. The molecule has 8 heteroatoms. The van der Waals surface area contributed by atoms with Crippen LogP contribution in [0.4, 0.5) is 10.5 Å². The van der Waals surface area contributed by atoms with Gasteiger partial charge in [0, 0.05) is 18.7 Å². The van der Waals surface area contributed by atoms with Gasteiger partial charge in [-0.2, -0.15) is 0 Å². The maximum Gasteiger partial charge on any atom is 0.325 e. The average molecular weight is 372 g/mol. The van der Waals surface area contributed by atoms with E-state index in [-0.39, 0.29) is 37.2 Å². The van der Waals surface area contributed by atoms with Gasteiger partial charge in [-0.1, -0.05) is 25.0 Å². The molecule has 1 spiro atoms. The molecule has 0 bridgehead atoms. The van der Waals surface area contributed by atoms with Crippen LogP contribution in [0.15, 0.2) is 24.3 Å². The Morgan fingerprint density at radius 3 is 2.44 bits per heavy atom. The second-order valence-electron chi connectivity index (χ2n) is 7.17. The molecule has 5 amide bonds. The molecule has 1 saturated heterocycles. The number of hydrogen-bond donors (Lipinski definition) is 3. The van der Waals surface area contributed by atoms with E-state index >= 15 is 0 Å². The lowest BCUT2D eigenvalue weighted by atomic mass is 9.98. The Kier molecular flexibility index (Phi) is 5.43. The van der Waals surface area contributed by atoms with Crippen LogP contribution in [0, 0.1) is 0 Å². The van der Waals surface area contributed by atoms with Crippen LogP contribution in [0.5, 0.6) is 0 Å². The molecule has 8 nitrogen and oxygen atoms in total. The fraction of sp³-hybridized carbons (Fsp3) is 0.474. The minimum Gasteiger partial charge on any atom is -0.369 e. The van der Waals surface area contributed by atoms with Crippen LogP contribution in [0.3, 0.4) is 0 Å². The van der Waals surface area contributed by atoms with E-state index in [4.69, 9.17) is 5.73 Å². The number of nitrogens with zero attached hydrogens (tertiary/aromatic N) is 1. The summed E-state index contributed by atoms with van der Waals surface area (Å²) in [6.45, 7) is 0.234. The van der Waals surface area contributed by atoms with Gasteiger partial charge in [-0.05, 0) is 37.0 Å². The van der Waals surface area contributed by atoms with Gasteiger partial charge < -0.3 is 16.4 Å². The third-order valence-corrected chi connectivity index (χ3v) is 5.10. The fourth-order valence-electron chi connectivity index (χ4n) is 3.73. The smallest absolute Gasteiger partial charge is 0.325 e. The van der Waals surface area contributed by atoms with Gasteiger partial charge in [0.2, 0.25) is 11.8 Å². The van der Waals surface area contributed by atoms with Gasteiger partial charge in [0.15, 0.2) is 0 Å². The summed E-state index contributed by atoms with van der Waals surface area (Å²) in [5.41, 5.74) is 5.84. The summed E-state index contributed by atoms with van der Waals surface area (Å²) in [4.78, 5) is 48.8. The highest BCUT2D eigenvalue weighted by Crippen LogP contribution is 2.35. The first-order valence-electron chi connectivity index (χ1n) is 9.21. The number of anilines is 1. The van der Waals surface area contributed by atoms with Crippen LogP contribution >= 0.6 is 0 Å². The van der Waals surface area contributed by atoms with Gasteiger partial charge in [0.25, 0.3) is 5.91 Å². The number of nitrogens with two attached hydrogens (primary N) is 1. The molecule has 2 fully saturated rings. The Morgan fingerprint density at radius 2 is 1.81 bits per heavy atom. The highest BCUT2D eigenvalue weighted by molar-refractivity contribution is 6.07. The molecule has 1 aliphatic heterocycles. The van der Waals surface area contributed by atoms with Crippen molar-refractivity contribution in [1.82, 2.24) is 10.2 Å². The van der Waals surface area contributed by atoms with Gasteiger partial charge >= 0.3 is 6.03 Å². The molecule has 4 N–H and O–H groups in total. The third-order valence-electron chi connectivity index (χ3n) is 5.10. The summed E-state index contributed by atoms with van der Waals surface area (Å²) in [6.07, 6.45) is 4.04. The van der Waals surface area contributed by atoms with Crippen molar-refractivity contribution in [3.63, 3.8) is 0 Å². The molecular formula is C19H24N4O4. The number of primary amides is 1. The molecule has 3 rings (SSSR count). The van der Waals surface area contributed by atoms with Gasteiger partial charge in [-0.3, -0.25) is 19.3 Å². The first-order valence-corrected chi connectivity index (χ1v) is 9.21. The van der Waals surface area contributed by atoms with Crippen LogP contribution in [0.2, 0.25) is 0 Å². The molecule has 1 aromatic rings. The van der Waals surface area contributed by atoms with Crippen LogP contribution in [-0.2, 0) is 20.8 Å². The third kappa shape index (κ3) is 4.27. The Labute approximate surface area is 157 Å². The molecule has 27 heavy (non-hydrogen) atoms. The van der Waals surface area contributed by atoms with Crippen LogP contribution in [-0.4, -0.2) is 40.7 Å². The second-order valence-corrected chi connectivity index (χ2v) is 7.17. The van der Waals surface area contributed by atoms with Gasteiger partial charge in [0.1, 0.15) is 5.54 Å². The van der Waals surface area contributed by atoms with E-state index in [2.05, 4.69) is 10.6 Å². The van der Waals surface area contributed by atoms with E-state index in [0.29, 0.717) is 24.9 Å². The van der Waals surface area contributed by atoms with Gasteiger partial charge in [0.05, 0.1) is 6.42 Å². The van der Waals surface area contributed by atoms with Gasteiger partial charge in [-0.25, -0.2) is 4.79 Å². The number of imide groups is 1. The van der Waals surface area contributed by atoms with E-state index in [1.807, 2.05) is 0 Å². The zero-order valence-corrected chi connectivity index (χ0v) is 15.1. The van der Waals surface area contributed by atoms with E-state index in [0.717, 1.165) is 18.4 Å². The highest BCUT2D eigenvalue weighted by Gasteiger charge is 2.51. The number of hydrogen-bond acceptors (Lipinski definition) is 4. The van der Waals surface area contributed by atoms with Crippen molar-refractivity contribution in [2.45, 2.75) is 50.5 Å². The molecule has 1 heterocycles. The molecule has 0 aromatic heterocycles. The number of urea groups is 1. The Balaban J connectivity index is 1.45. The number of rotatable bonds is 7. The lowest BCUT2D eigenvalue weighted by Crippen LogP contribution is -2.44. The summed E-state index contributed by atoms with van der Waals surface area (Å²) >= 11 is 0. The predicted octanol–water partition coefficient (Wildman–Crippen LogP) is 1.30. The van der Waals surface area contributed by atoms with Crippen molar-refractivity contribution in [1.29, 1.82) is 0 Å². The fourth-order valence-corrected chi connectivity index (χ4v) is 3.73. The number of carbonyl (C=O) groups excluding carboxylic acids is 4. The topological polar surface area (TPSA) is 122 Å². The Bertz CT molecular complexity index is 753. The van der Waals surface area contributed by atoms with Crippen molar-refractivity contribution < 1.29 is 19.2 Å². The second kappa shape index (κ2) is 7.77. The molecule has 1 aromatic carbocycles. The van der Waals surface area contributed by atoms with Crippen molar-refractivity contribution in [2.75, 3.05) is 11.9 Å². The minimum absolute atomic E-state index is 0.154. The molecule has 2 aliphatic rings. The van der Waals surface area contributed by atoms with Crippen LogP contribution in [0.25, 0.3) is 0 Å². The number of carbonyl (C=O) groups is 4. The molecular weight excluding hydrogens is 348 g/mol. The van der Waals surface area contributed by atoms with Crippen LogP contribution in [0.1, 0.15) is 44.1 Å². The molecule has 0 radical (unpaired) electrons. The molecule has 0 atom stereocenters. The lowest BCUT2D eigenvalue weighted by molar-refractivity contribution is -0.131. The van der Waals surface area contributed by atoms with Crippen molar-refractivity contribution in [3.05, 3.63) is 29.8 Å². The van der Waals surface area contributed by atoms with Crippen molar-refractivity contribution >= 4 is 29.4 Å². The first kappa shape index (κ1) is 18.9. The summed E-state index contributed by atoms with van der Waals surface area (Å²) in [7, 11) is 0. The largest absolute Gasteiger partial charge is 0.369 e. The van der Waals surface area contributed by atoms with Crippen molar-refractivity contribution in [3.8, 4) is 0 Å². The average Bonchev–Trinajstić information content (AvgIpc) is 3.17. The molecule has 1 saturated carbocycles. The Morgan fingerprint density at radius 1 is 1.15 bits per heavy atom. The van der Waals surface area contributed by atoms with E-state index in [1.165, 1.54) is 4.90 Å². The lowest BCUT2D eigenvalue weighted by Gasteiger charge is -2.19. The van der Waals surface area contributed by atoms with Gasteiger partial charge in [-0.15, -0.1) is 0 Å². The first-order chi connectivity index (χ1) is 12.9. The zero-order valence-electron chi connectivity index (χ0n) is 15.1. The summed E-state index contributed by atoms with van der Waals surface area (Å²) in [5, 5.41) is 5.59. The normalized spacial score (nSPS) is 18.0. The van der Waals surface area contributed by atoms with E-state index in [1.54, 1.807) is 24.3 Å². The minimum atomic E-state index is -0.702. The maximum atomic E-state index is 12.5. The van der Waals surface area contributed by atoms with E-state index < -0.39 is 11.4 Å². The standard InChI is InChI=1S/C19H24N4O4/c20-15(24)12-13-5-7-14(8-6-13)21-16(25)4-3-11-23-17(26)19(22-18(23)27)9-1-2-10-19/h5-8H,1-4,9-12H2,(H2,20,24)(H,21,25)(H,22,27). The number of amides is 5. The maximum absolute atomic E-state index is 12.5. The monoisotopic (exact) mass is 372 g/mol. The quantitative estimate of drug-likeness (QED) is 0.624. The SMILES string of the molecule is NC(=O)Cc1ccc(NC(=O)CCCN2C(=O)NC3(CCCC3)C2=O)cc1. The predicted molar refractivity (Wildman–Crippen MR) is 98.6 cm³/mol. The highest BCUT2D eigenvalue weighted by atomic mass is 16.2. The number of nitrogens with one attached hydrogen (secondary N) is 2. The zero-order chi connectivity index (χ0) is 19.4. The summed E-state index contributed by atoms with van der Waals surface area (Å²) < 4.78 is 0. The number of benzene rings is 1. The molecule has 1 aliphatic carbocycles. The summed E-state index contributed by atoms with van der Waals surface area (Å²) in [6, 6.07) is 6.52.